The Bertz CT molecular complexity index is 1370. The van der Waals surface area contributed by atoms with Crippen LogP contribution in [0, 0.1) is 0 Å². The fraction of sp³-hybridized carbons (Fsp3) is 0.250. The zero-order chi connectivity index (χ0) is 26.7. The molecular formula is C28H30N6O4. The number of carbonyl (C=O) groups excluding carboxylic acids is 2. The van der Waals surface area contributed by atoms with E-state index in [1.807, 2.05) is 53.2 Å². The number of carboxylic acids is 1. The molecule has 196 valence electrons. The summed E-state index contributed by atoms with van der Waals surface area (Å²) in [6.45, 7) is 1.74. The molecule has 0 spiro atoms. The number of carboxylic acid groups (broad SMARTS) is 1. The molecule has 4 aromatic rings. The van der Waals surface area contributed by atoms with E-state index in [9.17, 15) is 19.5 Å². The highest BCUT2D eigenvalue weighted by Gasteiger charge is 2.24. The third-order valence-corrected chi connectivity index (χ3v) is 5.98. The fourth-order valence-corrected chi connectivity index (χ4v) is 4.04. The summed E-state index contributed by atoms with van der Waals surface area (Å²) >= 11 is 0. The number of carbonyl (C=O) groups is 3. The molecule has 2 heterocycles. The third-order valence-electron chi connectivity index (χ3n) is 5.98. The summed E-state index contributed by atoms with van der Waals surface area (Å²) in [6, 6.07) is 19.3. The van der Waals surface area contributed by atoms with E-state index in [-0.39, 0.29) is 0 Å². The Labute approximate surface area is 220 Å². The van der Waals surface area contributed by atoms with Gasteiger partial charge in [0.05, 0.1) is 18.1 Å². The third kappa shape index (κ3) is 7.39. The number of rotatable bonds is 13. The molecule has 0 aliphatic heterocycles. The molecule has 4 N–H and O–H groups in total. The minimum Gasteiger partial charge on any atom is -0.481 e. The Morgan fingerprint density at radius 1 is 0.974 bits per heavy atom. The topological polar surface area (TPSA) is 138 Å². The number of nitrogens with zero attached hydrogens (tertiary/aromatic N) is 3. The van der Waals surface area contributed by atoms with Crippen LogP contribution >= 0.6 is 0 Å². The predicted molar refractivity (Wildman–Crippen MR) is 144 cm³/mol. The van der Waals surface area contributed by atoms with E-state index in [1.165, 1.54) is 0 Å². The number of nitrogens with one attached hydrogen (secondary N) is 3. The molecule has 0 unspecified atom stereocenters. The maximum absolute atomic E-state index is 12.9. The number of aromatic nitrogens is 3. The lowest BCUT2D eigenvalue weighted by Crippen LogP contribution is -2.48. The molecule has 4 rings (SSSR count). The van der Waals surface area contributed by atoms with Gasteiger partial charge < -0.3 is 21.1 Å². The SMILES string of the molecule is O=C(O)C[C@H](NC(=O)c1ccc2c(cnn2CCCNc2ccccn2)c1)C(=O)NCCc1ccccc1. The minimum atomic E-state index is -1.19. The second kappa shape index (κ2) is 13.0. The molecule has 0 aliphatic rings. The van der Waals surface area contributed by atoms with Crippen molar-refractivity contribution in [2.75, 3.05) is 18.4 Å². The van der Waals surface area contributed by atoms with Gasteiger partial charge in [-0.25, -0.2) is 4.98 Å². The number of fused-ring (bicyclic) bond motifs is 1. The van der Waals surface area contributed by atoms with Crippen molar-refractivity contribution in [2.24, 2.45) is 0 Å². The van der Waals surface area contributed by atoms with Crippen LogP contribution < -0.4 is 16.0 Å². The van der Waals surface area contributed by atoms with Crippen molar-refractivity contribution in [1.82, 2.24) is 25.4 Å². The second-order valence-electron chi connectivity index (χ2n) is 8.79. The maximum Gasteiger partial charge on any atom is 0.305 e. The zero-order valence-electron chi connectivity index (χ0n) is 20.8. The molecule has 2 aromatic heterocycles. The van der Waals surface area contributed by atoms with Gasteiger partial charge in [0.1, 0.15) is 11.9 Å². The van der Waals surface area contributed by atoms with E-state index in [1.54, 1.807) is 30.6 Å². The number of hydrogen-bond donors (Lipinski definition) is 4. The van der Waals surface area contributed by atoms with Crippen LogP contribution in [-0.4, -0.2) is 56.8 Å². The lowest BCUT2D eigenvalue weighted by molar-refractivity contribution is -0.139. The molecule has 0 aliphatic carbocycles. The normalized spacial score (nSPS) is 11.6. The Kier molecular flexibility index (Phi) is 9.01. The molecule has 0 saturated carbocycles. The van der Waals surface area contributed by atoms with Crippen molar-refractivity contribution < 1.29 is 19.5 Å². The Hall–Kier alpha value is -4.73. The van der Waals surface area contributed by atoms with Gasteiger partial charge in [-0.3, -0.25) is 19.1 Å². The summed E-state index contributed by atoms with van der Waals surface area (Å²) in [5.41, 5.74) is 2.24. The van der Waals surface area contributed by atoms with E-state index in [0.717, 1.165) is 35.2 Å². The molecule has 0 bridgehead atoms. The quantitative estimate of drug-likeness (QED) is 0.201. The van der Waals surface area contributed by atoms with Crippen molar-refractivity contribution >= 4 is 34.5 Å². The largest absolute Gasteiger partial charge is 0.481 e. The number of pyridine rings is 1. The molecule has 0 saturated heterocycles. The summed E-state index contributed by atoms with van der Waals surface area (Å²) in [6.07, 6.45) is 4.32. The van der Waals surface area contributed by atoms with Crippen LogP contribution in [0.3, 0.4) is 0 Å². The van der Waals surface area contributed by atoms with Crippen LogP contribution in [0.15, 0.2) is 79.1 Å². The number of amides is 2. The van der Waals surface area contributed by atoms with Crippen molar-refractivity contribution in [2.45, 2.75) is 31.8 Å². The second-order valence-corrected chi connectivity index (χ2v) is 8.79. The molecule has 0 radical (unpaired) electrons. The number of aryl methyl sites for hydroxylation is 1. The molecular weight excluding hydrogens is 484 g/mol. The van der Waals surface area contributed by atoms with E-state index in [0.29, 0.717) is 25.1 Å². The number of anilines is 1. The summed E-state index contributed by atoms with van der Waals surface area (Å²) < 4.78 is 1.87. The smallest absolute Gasteiger partial charge is 0.305 e. The first kappa shape index (κ1) is 26.3. The Morgan fingerprint density at radius 3 is 2.55 bits per heavy atom. The van der Waals surface area contributed by atoms with Gasteiger partial charge in [0.15, 0.2) is 0 Å². The van der Waals surface area contributed by atoms with Crippen LogP contribution in [0.5, 0.6) is 0 Å². The number of hydrogen-bond acceptors (Lipinski definition) is 6. The lowest BCUT2D eigenvalue weighted by Gasteiger charge is -2.17. The summed E-state index contributed by atoms with van der Waals surface area (Å²) in [7, 11) is 0. The van der Waals surface area contributed by atoms with Crippen molar-refractivity contribution in [3.63, 3.8) is 0 Å². The monoisotopic (exact) mass is 514 g/mol. The summed E-state index contributed by atoms with van der Waals surface area (Å²) in [5, 5.41) is 23.0. The average molecular weight is 515 g/mol. The molecule has 1 atom stereocenters. The van der Waals surface area contributed by atoms with Crippen LogP contribution in [0.2, 0.25) is 0 Å². The van der Waals surface area contributed by atoms with Gasteiger partial charge in [0.25, 0.3) is 5.91 Å². The van der Waals surface area contributed by atoms with E-state index < -0.39 is 30.2 Å². The van der Waals surface area contributed by atoms with Crippen LogP contribution in [-0.2, 0) is 22.6 Å². The first-order valence-corrected chi connectivity index (χ1v) is 12.4. The number of aliphatic carboxylic acids is 1. The molecule has 2 aromatic carbocycles. The van der Waals surface area contributed by atoms with Crippen LogP contribution in [0.4, 0.5) is 5.82 Å². The van der Waals surface area contributed by atoms with Crippen molar-refractivity contribution in [3.05, 3.63) is 90.3 Å². The predicted octanol–water partition coefficient (Wildman–Crippen LogP) is 2.87. The average Bonchev–Trinajstić information content (AvgIpc) is 3.33. The van der Waals surface area contributed by atoms with Gasteiger partial charge in [-0.1, -0.05) is 36.4 Å². The van der Waals surface area contributed by atoms with Gasteiger partial charge in [-0.05, 0) is 48.7 Å². The van der Waals surface area contributed by atoms with Crippen molar-refractivity contribution in [1.29, 1.82) is 0 Å². The first-order valence-electron chi connectivity index (χ1n) is 12.4. The molecule has 10 heteroatoms. The van der Waals surface area contributed by atoms with E-state index in [2.05, 4.69) is 26.0 Å². The molecule has 38 heavy (non-hydrogen) atoms. The zero-order valence-corrected chi connectivity index (χ0v) is 20.8. The van der Waals surface area contributed by atoms with E-state index >= 15 is 0 Å². The fourth-order valence-electron chi connectivity index (χ4n) is 4.04. The van der Waals surface area contributed by atoms with Gasteiger partial charge in [-0.2, -0.15) is 5.10 Å². The van der Waals surface area contributed by atoms with Crippen LogP contribution in [0.1, 0.15) is 28.8 Å². The van der Waals surface area contributed by atoms with Crippen LogP contribution in [0.25, 0.3) is 10.9 Å². The summed E-state index contributed by atoms with van der Waals surface area (Å²) in [5.74, 6) is -1.42. The first-order chi connectivity index (χ1) is 18.5. The van der Waals surface area contributed by atoms with Gasteiger partial charge in [0, 0.05) is 36.8 Å². The number of benzene rings is 2. The standard InChI is InChI=1S/C28H30N6O4/c35-26(36)18-23(28(38)31-15-12-20-7-2-1-3-8-20)33-27(37)21-10-11-24-22(17-21)19-32-34(24)16-6-14-30-25-9-4-5-13-29-25/h1-5,7-11,13,17,19,23H,6,12,14-16,18H2,(H,29,30)(H,31,38)(H,33,37)(H,35,36)/t23-/m0/s1. The highest BCUT2D eigenvalue weighted by Crippen LogP contribution is 2.17. The highest BCUT2D eigenvalue weighted by atomic mass is 16.4. The van der Waals surface area contributed by atoms with E-state index in [4.69, 9.17) is 0 Å². The van der Waals surface area contributed by atoms with Crippen molar-refractivity contribution in [3.8, 4) is 0 Å². The molecule has 2 amide bonds. The molecule has 10 nitrogen and oxygen atoms in total. The minimum absolute atomic E-state index is 0.321. The summed E-state index contributed by atoms with van der Waals surface area (Å²) in [4.78, 5) is 41.1. The van der Waals surface area contributed by atoms with Gasteiger partial charge in [0.2, 0.25) is 5.91 Å². The Balaban J connectivity index is 1.33. The maximum atomic E-state index is 12.9. The lowest BCUT2D eigenvalue weighted by atomic mass is 10.1. The molecule has 0 fully saturated rings. The van der Waals surface area contributed by atoms with Gasteiger partial charge in [-0.15, -0.1) is 0 Å². The Morgan fingerprint density at radius 2 is 1.79 bits per heavy atom. The van der Waals surface area contributed by atoms with Gasteiger partial charge >= 0.3 is 5.97 Å². The highest BCUT2D eigenvalue weighted by molar-refractivity contribution is 6.00.